The fourth-order valence-corrected chi connectivity index (χ4v) is 2.99. The summed E-state index contributed by atoms with van der Waals surface area (Å²) in [7, 11) is 6.16. The van der Waals surface area contributed by atoms with Crippen molar-refractivity contribution in [1.29, 1.82) is 0 Å². The van der Waals surface area contributed by atoms with E-state index in [1.807, 2.05) is 0 Å². The van der Waals surface area contributed by atoms with Crippen LogP contribution in [-0.4, -0.2) is 50.8 Å². The number of methoxy groups -OCH3 is 1. The minimum Gasteiger partial charge on any atom is -0.383 e. The molecule has 0 saturated heterocycles. The van der Waals surface area contributed by atoms with Crippen LogP contribution in [0.5, 0.6) is 0 Å². The van der Waals surface area contributed by atoms with Gasteiger partial charge in [0.05, 0.1) is 6.61 Å². The molecule has 3 heteroatoms. The molecule has 0 aromatic carbocycles. The molecule has 0 bridgehead atoms. The van der Waals surface area contributed by atoms with Crippen molar-refractivity contribution < 1.29 is 4.74 Å². The molecule has 1 atom stereocenters. The first-order chi connectivity index (χ1) is 8.10. The molecule has 1 N–H and O–H groups in total. The summed E-state index contributed by atoms with van der Waals surface area (Å²) in [6.07, 6.45) is 5.25. The van der Waals surface area contributed by atoms with Gasteiger partial charge in [-0.25, -0.2) is 0 Å². The van der Waals surface area contributed by atoms with Crippen LogP contribution in [0.2, 0.25) is 0 Å². The summed E-state index contributed by atoms with van der Waals surface area (Å²) < 4.78 is 5.37. The molecule has 1 aliphatic carbocycles. The molecule has 0 aromatic rings. The van der Waals surface area contributed by atoms with Crippen LogP contribution in [0.25, 0.3) is 0 Å². The first-order valence-electron chi connectivity index (χ1n) is 6.98. The summed E-state index contributed by atoms with van der Waals surface area (Å²) in [5, 5.41) is 3.40. The van der Waals surface area contributed by atoms with Crippen LogP contribution >= 0.6 is 0 Å². The molecule has 102 valence electrons. The molecule has 3 nitrogen and oxygen atoms in total. The fraction of sp³-hybridized carbons (Fsp3) is 1.00. The van der Waals surface area contributed by atoms with Gasteiger partial charge >= 0.3 is 0 Å². The molecule has 0 radical (unpaired) electrons. The quantitative estimate of drug-likeness (QED) is 0.772. The first-order valence-corrected chi connectivity index (χ1v) is 6.98. The molecule has 1 rings (SSSR count). The van der Waals surface area contributed by atoms with E-state index >= 15 is 0 Å². The molecule has 1 fully saturated rings. The molecule has 0 aliphatic heterocycles. The molecule has 1 unspecified atom stereocenters. The predicted molar refractivity (Wildman–Crippen MR) is 73.4 cm³/mol. The third kappa shape index (κ3) is 4.23. The van der Waals surface area contributed by atoms with E-state index in [2.05, 4.69) is 38.2 Å². The van der Waals surface area contributed by atoms with E-state index < -0.39 is 0 Å². The van der Waals surface area contributed by atoms with Gasteiger partial charge in [0.1, 0.15) is 0 Å². The number of hydrogen-bond donors (Lipinski definition) is 1. The lowest BCUT2D eigenvalue weighted by Crippen LogP contribution is -2.48. The zero-order valence-corrected chi connectivity index (χ0v) is 12.2. The van der Waals surface area contributed by atoms with Crippen LogP contribution in [0, 0.1) is 5.92 Å². The molecule has 0 spiro atoms. The lowest BCUT2D eigenvalue weighted by atomic mass is 9.88. The zero-order valence-electron chi connectivity index (χ0n) is 12.2. The van der Waals surface area contributed by atoms with E-state index in [-0.39, 0.29) is 0 Å². The Labute approximate surface area is 107 Å². The van der Waals surface area contributed by atoms with Crippen molar-refractivity contribution >= 4 is 0 Å². The van der Waals surface area contributed by atoms with Gasteiger partial charge in [-0.3, -0.25) is 4.90 Å². The molecular formula is C14H30N2O. The maximum atomic E-state index is 5.37. The maximum absolute atomic E-state index is 5.37. The van der Waals surface area contributed by atoms with Gasteiger partial charge in [0.2, 0.25) is 0 Å². The highest BCUT2D eigenvalue weighted by Crippen LogP contribution is 2.25. The lowest BCUT2D eigenvalue weighted by molar-refractivity contribution is 0.0406. The number of nitrogens with one attached hydrogen (secondary N) is 1. The summed E-state index contributed by atoms with van der Waals surface area (Å²) in [5.74, 6) is 0.655. The molecule has 0 amide bonds. The number of rotatable bonds is 6. The highest BCUT2D eigenvalue weighted by molar-refractivity contribution is 4.85. The Morgan fingerprint density at radius 3 is 2.24 bits per heavy atom. The number of hydrogen-bond acceptors (Lipinski definition) is 3. The highest BCUT2D eigenvalue weighted by atomic mass is 16.5. The van der Waals surface area contributed by atoms with Gasteiger partial charge in [0.25, 0.3) is 0 Å². The third-order valence-corrected chi connectivity index (χ3v) is 4.31. The van der Waals surface area contributed by atoms with Crippen molar-refractivity contribution in [1.82, 2.24) is 10.2 Å². The molecule has 1 saturated carbocycles. The highest BCUT2D eigenvalue weighted by Gasteiger charge is 2.28. The third-order valence-electron chi connectivity index (χ3n) is 4.31. The predicted octanol–water partition coefficient (Wildman–Crippen LogP) is 2.12. The van der Waals surface area contributed by atoms with Crippen LogP contribution in [0.15, 0.2) is 0 Å². The maximum Gasteiger partial charge on any atom is 0.0620 e. The van der Waals surface area contributed by atoms with Crippen LogP contribution in [0.1, 0.15) is 39.5 Å². The largest absolute Gasteiger partial charge is 0.383 e. The zero-order chi connectivity index (χ0) is 12.8. The monoisotopic (exact) mass is 242 g/mol. The second kappa shape index (κ2) is 7.34. The molecular weight excluding hydrogens is 212 g/mol. The van der Waals surface area contributed by atoms with Gasteiger partial charge in [0.15, 0.2) is 0 Å². The van der Waals surface area contributed by atoms with Crippen molar-refractivity contribution in [2.24, 2.45) is 5.92 Å². The molecule has 0 heterocycles. The Kier molecular flexibility index (Phi) is 6.45. The fourth-order valence-electron chi connectivity index (χ4n) is 2.99. The van der Waals surface area contributed by atoms with E-state index in [4.69, 9.17) is 4.74 Å². The number of likely N-dealkylation sites (N-methyl/N-ethyl adjacent to an activating group) is 1. The topological polar surface area (TPSA) is 24.5 Å². The average molecular weight is 242 g/mol. The summed E-state index contributed by atoms with van der Waals surface area (Å²) in [4.78, 5) is 2.56. The second-order valence-electron chi connectivity index (χ2n) is 5.73. The van der Waals surface area contributed by atoms with E-state index in [0.29, 0.717) is 12.0 Å². The minimum atomic E-state index is 0.552. The van der Waals surface area contributed by atoms with Gasteiger partial charge < -0.3 is 10.1 Å². The van der Waals surface area contributed by atoms with Crippen LogP contribution < -0.4 is 5.32 Å². The van der Waals surface area contributed by atoms with Crippen molar-refractivity contribution in [2.75, 3.05) is 27.8 Å². The second-order valence-corrected chi connectivity index (χ2v) is 5.73. The van der Waals surface area contributed by atoms with Crippen LogP contribution in [0.4, 0.5) is 0 Å². The molecule has 17 heavy (non-hydrogen) atoms. The number of nitrogens with zero attached hydrogens (tertiary/aromatic N) is 1. The van der Waals surface area contributed by atoms with E-state index in [9.17, 15) is 0 Å². The van der Waals surface area contributed by atoms with E-state index in [0.717, 1.165) is 18.7 Å². The van der Waals surface area contributed by atoms with Gasteiger partial charge in [-0.05, 0) is 45.7 Å². The van der Waals surface area contributed by atoms with Gasteiger partial charge in [0, 0.05) is 25.2 Å². The van der Waals surface area contributed by atoms with Gasteiger partial charge in [-0.1, -0.05) is 13.8 Å². The summed E-state index contributed by atoms with van der Waals surface area (Å²) in [6, 6.07) is 2.03. The summed E-state index contributed by atoms with van der Waals surface area (Å²) in [5.41, 5.74) is 0. The van der Waals surface area contributed by atoms with Crippen molar-refractivity contribution in [3.63, 3.8) is 0 Å². The minimum absolute atomic E-state index is 0.552. The average Bonchev–Trinajstić information content (AvgIpc) is 2.35. The normalized spacial score (nSPS) is 27.7. The van der Waals surface area contributed by atoms with E-state index in [1.165, 1.54) is 25.7 Å². The smallest absolute Gasteiger partial charge is 0.0620 e. The number of ether oxygens (including phenoxy) is 1. The van der Waals surface area contributed by atoms with Crippen LogP contribution in [-0.2, 0) is 4.74 Å². The Morgan fingerprint density at radius 1 is 1.24 bits per heavy atom. The van der Waals surface area contributed by atoms with Crippen molar-refractivity contribution in [3.8, 4) is 0 Å². The van der Waals surface area contributed by atoms with Gasteiger partial charge in [-0.2, -0.15) is 0 Å². The lowest BCUT2D eigenvalue weighted by Gasteiger charge is -2.40. The molecule has 0 aromatic heterocycles. The standard InChI is InChI=1S/C14H30N2O/c1-11(2)14(10-17-5)16(4)13-8-6-12(15-3)7-9-13/h11-15H,6-10H2,1-5H3. The Bertz CT molecular complexity index is 200. The van der Waals surface area contributed by atoms with Gasteiger partial charge in [-0.15, -0.1) is 0 Å². The van der Waals surface area contributed by atoms with Crippen molar-refractivity contribution in [3.05, 3.63) is 0 Å². The van der Waals surface area contributed by atoms with E-state index in [1.54, 1.807) is 7.11 Å². The SMILES string of the molecule is CNC1CCC(N(C)C(COC)C(C)C)CC1. The first kappa shape index (κ1) is 14.9. The Hall–Kier alpha value is -0.120. The Balaban J connectivity index is 2.48. The van der Waals surface area contributed by atoms with Crippen molar-refractivity contribution in [2.45, 2.75) is 57.7 Å². The molecule has 1 aliphatic rings. The van der Waals surface area contributed by atoms with Crippen LogP contribution in [0.3, 0.4) is 0 Å². The summed E-state index contributed by atoms with van der Waals surface area (Å²) >= 11 is 0. The Morgan fingerprint density at radius 2 is 1.82 bits per heavy atom. The summed E-state index contributed by atoms with van der Waals surface area (Å²) in [6.45, 7) is 5.43.